The Labute approximate surface area is 123 Å². The van der Waals surface area contributed by atoms with Gasteiger partial charge in [0.15, 0.2) is 0 Å². The molecule has 1 fully saturated rings. The Kier molecular flexibility index (Phi) is 5.31. The van der Waals surface area contributed by atoms with Gasteiger partial charge in [-0.1, -0.05) is 37.6 Å². The summed E-state index contributed by atoms with van der Waals surface area (Å²) < 4.78 is 0. The summed E-state index contributed by atoms with van der Waals surface area (Å²) in [6.45, 7) is 4.66. The number of benzene rings is 1. The van der Waals surface area contributed by atoms with Gasteiger partial charge in [0.2, 0.25) is 0 Å². The molecule has 100 valence electrons. The lowest BCUT2D eigenvalue weighted by molar-refractivity contribution is 0.588. The minimum atomic E-state index is 0.385. The SMILES string of the molecule is CNC(c1cccc(Cl)c1)C1CSC(C)C(C)S1. The first-order valence-electron chi connectivity index (χ1n) is 6.31. The summed E-state index contributed by atoms with van der Waals surface area (Å²) in [6.07, 6.45) is 0. The van der Waals surface area contributed by atoms with Crippen molar-refractivity contribution in [1.29, 1.82) is 0 Å². The summed E-state index contributed by atoms with van der Waals surface area (Å²) in [4.78, 5) is 0. The van der Waals surface area contributed by atoms with Crippen LogP contribution >= 0.6 is 35.1 Å². The Morgan fingerprint density at radius 3 is 2.72 bits per heavy atom. The fraction of sp³-hybridized carbons (Fsp3) is 0.571. The molecule has 0 aliphatic carbocycles. The lowest BCUT2D eigenvalue weighted by Crippen LogP contribution is -2.35. The predicted molar refractivity (Wildman–Crippen MR) is 86.0 cm³/mol. The molecule has 4 unspecified atom stereocenters. The standard InChI is InChI=1S/C14H20ClNS2/c1-9-10(2)18-13(8-17-9)14(16-3)11-5-4-6-12(15)7-11/h4-7,9-10,13-14,16H,8H2,1-3H3. The van der Waals surface area contributed by atoms with Crippen LogP contribution in [-0.2, 0) is 0 Å². The van der Waals surface area contributed by atoms with Gasteiger partial charge in [-0.25, -0.2) is 0 Å². The van der Waals surface area contributed by atoms with Crippen molar-refractivity contribution >= 4 is 35.1 Å². The average Bonchev–Trinajstić information content (AvgIpc) is 2.35. The number of hydrogen-bond donors (Lipinski definition) is 1. The van der Waals surface area contributed by atoms with Gasteiger partial charge in [0.1, 0.15) is 0 Å². The van der Waals surface area contributed by atoms with Gasteiger partial charge in [0.05, 0.1) is 0 Å². The van der Waals surface area contributed by atoms with Crippen LogP contribution in [0.2, 0.25) is 5.02 Å². The molecule has 0 amide bonds. The van der Waals surface area contributed by atoms with Crippen LogP contribution in [0.3, 0.4) is 0 Å². The van der Waals surface area contributed by atoms with Crippen LogP contribution in [0, 0.1) is 0 Å². The fourth-order valence-corrected chi connectivity index (χ4v) is 5.61. The second-order valence-electron chi connectivity index (χ2n) is 4.74. The van der Waals surface area contributed by atoms with Gasteiger partial charge in [-0.3, -0.25) is 0 Å². The molecule has 0 spiro atoms. The van der Waals surface area contributed by atoms with E-state index >= 15 is 0 Å². The lowest BCUT2D eigenvalue weighted by atomic mass is 10.0. The first-order chi connectivity index (χ1) is 8.61. The summed E-state index contributed by atoms with van der Waals surface area (Å²) in [5.74, 6) is 1.20. The van der Waals surface area contributed by atoms with Gasteiger partial charge in [-0.05, 0) is 24.7 Å². The van der Waals surface area contributed by atoms with Crippen molar-refractivity contribution in [2.75, 3.05) is 12.8 Å². The molecule has 18 heavy (non-hydrogen) atoms. The molecule has 1 aliphatic rings. The van der Waals surface area contributed by atoms with E-state index in [-0.39, 0.29) is 0 Å². The zero-order valence-electron chi connectivity index (χ0n) is 11.0. The number of halogens is 1. The molecule has 0 aromatic heterocycles. The average molecular weight is 302 g/mol. The molecule has 1 aromatic rings. The quantitative estimate of drug-likeness (QED) is 0.897. The minimum absolute atomic E-state index is 0.385. The topological polar surface area (TPSA) is 12.0 Å². The number of thioether (sulfide) groups is 2. The van der Waals surface area contributed by atoms with E-state index in [0.717, 1.165) is 10.3 Å². The van der Waals surface area contributed by atoms with E-state index < -0.39 is 0 Å². The van der Waals surface area contributed by atoms with Gasteiger partial charge in [-0.2, -0.15) is 23.5 Å². The molecule has 1 aliphatic heterocycles. The van der Waals surface area contributed by atoms with Crippen molar-refractivity contribution < 1.29 is 0 Å². The molecule has 1 aromatic carbocycles. The third kappa shape index (κ3) is 3.38. The highest BCUT2D eigenvalue weighted by molar-refractivity contribution is 8.07. The van der Waals surface area contributed by atoms with Crippen molar-refractivity contribution in [3.8, 4) is 0 Å². The zero-order chi connectivity index (χ0) is 13.1. The fourth-order valence-electron chi connectivity index (χ4n) is 2.25. The van der Waals surface area contributed by atoms with E-state index in [4.69, 9.17) is 11.6 Å². The molecule has 1 heterocycles. The monoisotopic (exact) mass is 301 g/mol. The molecule has 1 N–H and O–H groups in total. The third-order valence-corrected chi connectivity index (χ3v) is 7.19. The predicted octanol–water partition coefficient (Wildman–Crippen LogP) is 4.23. The number of nitrogens with one attached hydrogen (secondary N) is 1. The Bertz CT molecular complexity index is 399. The van der Waals surface area contributed by atoms with E-state index in [9.17, 15) is 0 Å². The van der Waals surface area contributed by atoms with E-state index in [0.29, 0.717) is 16.5 Å². The van der Waals surface area contributed by atoms with Crippen LogP contribution < -0.4 is 5.32 Å². The molecule has 0 saturated carbocycles. The summed E-state index contributed by atoms with van der Waals surface area (Å²) in [5.41, 5.74) is 1.30. The number of rotatable bonds is 3. The Hall–Kier alpha value is 0.170. The first-order valence-corrected chi connectivity index (χ1v) is 8.68. The highest BCUT2D eigenvalue weighted by Crippen LogP contribution is 2.41. The van der Waals surface area contributed by atoms with Gasteiger partial charge in [0.25, 0.3) is 0 Å². The van der Waals surface area contributed by atoms with E-state index in [1.807, 2.05) is 19.2 Å². The Morgan fingerprint density at radius 1 is 1.33 bits per heavy atom. The Morgan fingerprint density at radius 2 is 2.11 bits per heavy atom. The molecule has 0 bridgehead atoms. The summed E-state index contributed by atoms with van der Waals surface area (Å²) in [7, 11) is 2.04. The smallest absolute Gasteiger partial charge is 0.0446 e. The highest BCUT2D eigenvalue weighted by atomic mass is 35.5. The molecule has 4 atom stereocenters. The van der Waals surface area contributed by atoms with Crippen LogP contribution in [0.4, 0.5) is 0 Å². The van der Waals surface area contributed by atoms with Crippen LogP contribution in [0.25, 0.3) is 0 Å². The zero-order valence-corrected chi connectivity index (χ0v) is 13.4. The molecule has 0 radical (unpaired) electrons. The van der Waals surface area contributed by atoms with E-state index in [1.165, 1.54) is 11.3 Å². The van der Waals surface area contributed by atoms with E-state index in [2.05, 4.69) is 54.8 Å². The summed E-state index contributed by atoms with van der Waals surface area (Å²) >= 11 is 10.3. The van der Waals surface area contributed by atoms with Crippen molar-refractivity contribution in [2.45, 2.75) is 35.6 Å². The molecular formula is C14H20ClNS2. The van der Waals surface area contributed by atoms with Crippen molar-refractivity contribution in [2.24, 2.45) is 0 Å². The normalized spacial score (nSPS) is 30.1. The molecule has 2 rings (SSSR count). The van der Waals surface area contributed by atoms with Crippen molar-refractivity contribution in [3.63, 3.8) is 0 Å². The highest BCUT2D eigenvalue weighted by Gasteiger charge is 2.31. The molecule has 1 saturated heterocycles. The van der Waals surface area contributed by atoms with Gasteiger partial charge < -0.3 is 5.32 Å². The third-order valence-electron chi connectivity index (χ3n) is 3.46. The largest absolute Gasteiger partial charge is 0.312 e. The summed E-state index contributed by atoms with van der Waals surface area (Å²) in [6, 6.07) is 8.61. The maximum atomic E-state index is 6.10. The van der Waals surface area contributed by atoms with Crippen LogP contribution in [0.5, 0.6) is 0 Å². The molecule has 1 nitrogen and oxygen atoms in total. The first kappa shape index (κ1) is 14.6. The van der Waals surface area contributed by atoms with Gasteiger partial charge in [-0.15, -0.1) is 0 Å². The number of hydrogen-bond acceptors (Lipinski definition) is 3. The minimum Gasteiger partial charge on any atom is -0.312 e. The van der Waals surface area contributed by atoms with Crippen LogP contribution in [0.15, 0.2) is 24.3 Å². The Balaban J connectivity index is 2.14. The van der Waals surface area contributed by atoms with Gasteiger partial charge in [0, 0.05) is 32.6 Å². The molecule has 4 heteroatoms. The maximum Gasteiger partial charge on any atom is 0.0446 e. The second-order valence-corrected chi connectivity index (χ2v) is 8.21. The summed E-state index contributed by atoms with van der Waals surface area (Å²) in [5, 5.41) is 6.36. The van der Waals surface area contributed by atoms with Crippen molar-refractivity contribution in [1.82, 2.24) is 5.32 Å². The van der Waals surface area contributed by atoms with Crippen LogP contribution in [-0.4, -0.2) is 28.6 Å². The van der Waals surface area contributed by atoms with E-state index in [1.54, 1.807) is 0 Å². The van der Waals surface area contributed by atoms with Crippen molar-refractivity contribution in [3.05, 3.63) is 34.9 Å². The molecular weight excluding hydrogens is 282 g/mol. The van der Waals surface area contributed by atoms with Gasteiger partial charge >= 0.3 is 0 Å². The second kappa shape index (κ2) is 6.56. The maximum absolute atomic E-state index is 6.10. The lowest BCUT2D eigenvalue weighted by Gasteiger charge is -2.36. The van der Waals surface area contributed by atoms with Crippen LogP contribution in [0.1, 0.15) is 25.5 Å².